The average molecular weight is 410 g/mol. The first kappa shape index (κ1) is 20.3. The van der Waals surface area contributed by atoms with E-state index in [1.54, 1.807) is 36.7 Å². The predicted octanol–water partition coefficient (Wildman–Crippen LogP) is 5.33. The maximum absolute atomic E-state index is 12.7. The number of rotatable bonds is 6. The van der Waals surface area contributed by atoms with Gasteiger partial charge in [0.1, 0.15) is 6.61 Å². The molecule has 0 spiro atoms. The first-order valence-corrected chi connectivity index (χ1v) is 10.1. The molecule has 0 saturated carbocycles. The van der Waals surface area contributed by atoms with Gasteiger partial charge in [0.2, 0.25) is 5.91 Å². The lowest BCUT2D eigenvalue weighted by Crippen LogP contribution is -2.18. The van der Waals surface area contributed by atoms with Crippen LogP contribution in [0.25, 0.3) is 10.8 Å². The Morgan fingerprint density at radius 2 is 1.71 bits per heavy atom. The molecule has 4 aromatic rings. The normalized spacial score (nSPS) is 11.6. The minimum atomic E-state index is -0.358. The highest BCUT2D eigenvalue weighted by molar-refractivity contribution is 5.97. The maximum atomic E-state index is 12.7. The molecule has 1 aromatic heterocycles. The summed E-state index contributed by atoms with van der Waals surface area (Å²) >= 11 is 0. The van der Waals surface area contributed by atoms with E-state index >= 15 is 0 Å². The van der Waals surface area contributed by atoms with Gasteiger partial charge in [0, 0.05) is 23.5 Å². The number of hydrogen-bond donors (Lipinski definition) is 1. The first-order chi connectivity index (χ1) is 15.1. The molecule has 0 aliphatic heterocycles. The van der Waals surface area contributed by atoms with E-state index in [9.17, 15) is 9.59 Å². The number of amides is 1. The molecule has 0 bridgehead atoms. The van der Waals surface area contributed by atoms with Crippen LogP contribution >= 0.6 is 0 Å². The van der Waals surface area contributed by atoms with Crippen molar-refractivity contribution in [2.75, 3.05) is 5.32 Å². The van der Waals surface area contributed by atoms with Crippen LogP contribution < -0.4 is 5.32 Å². The lowest BCUT2D eigenvalue weighted by atomic mass is 9.99. The zero-order valence-electron chi connectivity index (χ0n) is 17.1. The smallest absolute Gasteiger partial charge is 0.338 e. The number of fused-ring (bicyclic) bond motifs is 1. The Balaban J connectivity index is 1.36. The summed E-state index contributed by atoms with van der Waals surface area (Å²) in [4.78, 5) is 28.9. The number of benzene rings is 3. The molecule has 1 amide bonds. The molecule has 0 saturated heterocycles. The molecule has 1 heterocycles. The molecule has 0 radical (unpaired) electrons. The average Bonchev–Trinajstić information content (AvgIpc) is 2.83. The molecule has 5 nitrogen and oxygen atoms in total. The number of hydrogen-bond acceptors (Lipinski definition) is 4. The summed E-state index contributed by atoms with van der Waals surface area (Å²) in [6.07, 6.45) is 3.53. The number of aromatic nitrogens is 1. The summed E-state index contributed by atoms with van der Waals surface area (Å²) in [6, 6.07) is 24.1. The number of carbonyl (C=O) groups excluding carboxylic acids is 2. The number of nitrogens with zero attached hydrogens (tertiary/aromatic N) is 1. The maximum Gasteiger partial charge on any atom is 0.338 e. The Labute approximate surface area is 180 Å². The zero-order chi connectivity index (χ0) is 21.6. The number of carbonyl (C=O) groups is 2. The lowest BCUT2D eigenvalue weighted by molar-refractivity contribution is -0.117. The Bertz CT molecular complexity index is 1200. The highest BCUT2D eigenvalue weighted by atomic mass is 16.5. The summed E-state index contributed by atoms with van der Waals surface area (Å²) < 4.78 is 5.35. The molecule has 0 unspecified atom stereocenters. The summed E-state index contributed by atoms with van der Waals surface area (Å²) in [5.74, 6) is -0.769. The highest BCUT2D eigenvalue weighted by Crippen LogP contribution is 2.22. The highest BCUT2D eigenvalue weighted by Gasteiger charge is 2.16. The Hall–Kier alpha value is -3.99. The second kappa shape index (κ2) is 9.22. The molecule has 5 heteroatoms. The largest absolute Gasteiger partial charge is 0.457 e. The zero-order valence-corrected chi connectivity index (χ0v) is 17.1. The standard InChI is InChI=1S/C26H22N2O3/c1-18(25(29)28-24-12-11-23-16-27-14-13-22(23)15-24)20-9-7-19(8-10-20)17-31-26(30)21-5-3-2-4-6-21/h2-16,18H,17H2,1H3,(H,28,29)/t18-/m0/s1. The van der Waals surface area contributed by atoms with Crippen LogP contribution in [-0.2, 0) is 16.1 Å². The monoisotopic (exact) mass is 410 g/mol. The third kappa shape index (κ3) is 4.95. The lowest BCUT2D eigenvalue weighted by Gasteiger charge is -2.14. The van der Waals surface area contributed by atoms with E-state index in [0.29, 0.717) is 5.56 Å². The minimum absolute atomic E-state index is 0.0864. The third-order valence-electron chi connectivity index (χ3n) is 5.16. The molecule has 4 rings (SSSR count). The van der Waals surface area contributed by atoms with Gasteiger partial charge in [-0.05, 0) is 53.8 Å². The molecular formula is C26H22N2O3. The van der Waals surface area contributed by atoms with Crippen molar-refractivity contribution in [1.82, 2.24) is 4.98 Å². The molecule has 31 heavy (non-hydrogen) atoms. The Kier molecular flexibility index (Phi) is 6.03. The van der Waals surface area contributed by atoms with Gasteiger partial charge in [-0.2, -0.15) is 0 Å². The van der Waals surface area contributed by atoms with Crippen LogP contribution in [0.15, 0.2) is 91.3 Å². The van der Waals surface area contributed by atoms with Crippen LogP contribution in [-0.4, -0.2) is 16.9 Å². The minimum Gasteiger partial charge on any atom is -0.457 e. The van der Waals surface area contributed by atoms with Gasteiger partial charge in [-0.15, -0.1) is 0 Å². The molecule has 154 valence electrons. The van der Waals surface area contributed by atoms with Crippen molar-refractivity contribution in [3.05, 3.63) is 108 Å². The summed E-state index contributed by atoms with van der Waals surface area (Å²) in [6.45, 7) is 2.05. The fourth-order valence-corrected chi connectivity index (χ4v) is 3.27. The number of pyridine rings is 1. The van der Waals surface area contributed by atoms with Crippen LogP contribution in [0.4, 0.5) is 5.69 Å². The second-order valence-electron chi connectivity index (χ2n) is 7.33. The quantitative estimate of drug-likeness (QED) is 0.436. The summed E-state index contributed by atoms with van der Waals surface area (Å²) in [5.41, 5.74) is 3.03. The van der Waals surface area contributed by atoms with Crippen LogP contribution in [0.3, 0.4) is 0 Å². The van der Waals surface area contributed by atoms with Crippen molar-refractivity contribution in [1.29, 1.82) is 0 Å². The molecule has 1 atom stereocenters. The van der Waals surface area contributed by atoms with Gasteiger partial charge in [-0.25, -0.2) is 4.79 Å². The van der Waals surface area contributed by atoms with Gasteiger partial charge in [-0.1, -0.05) is 48.5 Å². The van der Waals surface area contributed by atoms with E-state index in [2.05, 4.69) is 10.3 Å². The molecular weight excluding hydrogens is 388 g/mol. The molecule has 1 N–H and O–H groups in total. The van der Waals surface area contributed by atoms with Gasteiger partial charge in [0.05, 0.1) is 11.5 Å². The number of anilines is 1. The van der Waals surface area contributed by atoms with Crippen LogP contribution in [0.1, 0.15) is 34.3 Å². The molecule has 0 aliphatic rings. The molecule has 0 aliphatic carbocycles. The fraction of sp³-hybridized carbons (Fsp3) is 0.115. The number of ether oxygens (including phenoxy) is 1. The van der Waals surface area contributed by atoms with Crippen LogP contribution in [0, 0.1) is 0 Å². The van der Waals surface area contributed by atoms with Crippen molar-refractivity contribution < 1.29 is 14.3 Å². The Morgan fingerprint density at radius 3 is 2.48 bits per heavy atom. The third-order valence-corrected chi connectivity index (χ3v) is 5.16. The number of esters is 1. The summed E-state index contributed by atoms with van der Waals surface area (Å²) in [5, 5.41) is 5.02. The SMILES string of the molecule is C[C@H](C(=O)Nc1ccc2cnccc2c1)c1ccc(COC(=O)c2ccccc2)cc1. The van der Waals surface area contributed by atoms with E-state index in [4.69, 9.17) is 4.74 Å². The van der Waals surface area contributed by atoms with E-state index in [-0.39, 0.29) is 24.4 Å². The Morgan fingerprint density at radius 1 is 0.935 bits per heavy atom. The number of nitrogens with one attached hydrogen (secondary N) is 1. The fourth-order valence-electron chi connectivity index (χ4n) is 3.27. The predicted molar refractivity (Wildman–Crippen MR) is 121 cm³/mol. The summed E-state index contributed by atoms with van der Waals surface area (Å²) in [7, 11) is 0. The van der Waals surface area contributed by atoms with Gasteiger partial charge < -0.3 is 10.1 Å². The molecule has 3 aromatic carbocycles. The van der Waals surface area contributed by atoms with Crippen molar-refractivity contribution in [2.24, 2.45) is 0 Å². The van der Waals surface area contributed by atoms with E-state index < -0.39 is 0 Å². The second-order valence-corrected chi connectivity index (χ2v) is 7.33. The van der Waals surface area contributed by atoms with Crippen molar-refractivity contribution >= 4 is 28.3 Å². The van der Waals surface area contributed by atoms with E-state index in [1.807, 2.05) is 61.5 Å². The van der Waals surface area contributed by atoms with Crippen molar-refractivity contribution in [2.45, 2.75) is 19.4 Å². The first-order valence-electron chi connectivity index (χ1n) is 10.1. The van der Waals surface area contributed by atoms with Gasteiger partial charge in [-0.3, -0.25) is 9.78 Å². The molecule has 0 fully saturated rings. The van der Waals surface area contributed by atoms with Gasteiger partial charge in [0.15, 0.2) is 0 Å². The van der Waals surface area contributed by atoms with Crippen LogP contribution in [0.2, 0.25) is 0 Å². The topological polar surface area (TPSA) is 68.3 Å². The van der Waals surface area contributed by atoms with E-state index in [1.165, 1.54) is 0 Å². The van der Waals surface area contributed by atoms with Crippen molar-refractivity contribution in [3.63, 3.8) is 0 Å². The van der Waals surface area contributed by atoms with Gasteiger partial charge >= 0.3 is 5.97 Å². The van der Waals surface area contributed by atoms with Crippen molar-refractivity contribution in [3.8, 4) is 0 Å². The van der Waals surface area contributed by atoms with Gasteiger partial charge in [0.25, 0.3) is 0 Å². The van der Waals surface area contributed by atoms with Crippen LogP contribution in [0.5, 0.6) is 0 Å². The van der Waals surface area contributed by atoms with E-state index in [0.717, 1.165) is 27.6 Å².